The molecule has 3 N–H and O–H groups in total. The second kappa shape index (κ2) is 10.5. The molecule has 2 atom stereocenters. The molecular weight excluding hydrogens is 334 g/mol. The number of carbonyl (C=O) groups excluding carboxylic acids is 3. The number of likely N-dealkylation sites (N-methyl/N-ethyl adjacent to an activating group) is 1. The van der Waals surface area contributed by atoms with Gasteiger partial charge in [-0.25, -0.2) is 5.48 Å². The lowest BCUT2D eigenvalue weighted by Crippen LogP contribution is -2.55. The molecular formula is C19H35N3O4. The topological polar surface area (TPSA) is 98.7 Å². The first-order valence-corrected chi connectivity index (χ1v) is 9.65. The molecule has 1 aliphatic heterocycles. The first kappa shape index (κ1) is 22.4. The third-order valence-corrected chi connectivity index (χ3v) is 5.00. The maximum Gasteiger partial charge on any atom is 0.245 e. The highest BCUT2D eigenvalue weighted by Gasteiger charge is 2.36. The Labute approximate surface area is 156 Å². The second-order valence-electron chi connectivity index (χ2n) is 8.41. The van der Waals surface area contributed by atoms with Crippen LogP contribution in [-0.2, 0) is 14.4 Å². The summed E-state index contributed by atoms with van der Waals surface area (Å²) in [6, 6.07) is -0.650. The smallest absolute Gasteiger partial charge is 0.245 e. The highest BCUT2D eigenvalue weighted by Crippen LogP contribution is 2.23. The van der Waals surface area contributed by atoms with E-state index >= 15 is 0 Å². The van der Waals surface area contributed by atoms with Crippen LogP contribution in [0.3, 0.4) is 0 Å². The van der Waals surface area contributed by atoms with Crippen molar-refractivity contribution in [3.63, 3.8) is 0 Å². The highest BCUT2D eigenvalue weighted by atomic mass is 16.5. The van der Waals surface area contributed by atoms with Gasteiger partial charge in [0, 0.05) is 25.9 Å². The van der Waals surface area contributed by atoms with Gasteiger partial charge in [-0.15, -0.1) is 0 Å². The fraction of sp³-hybridized carbons (Fsp3) is 0.842. The molecule has 1 rings (SSSR count). The minimum Gasteiger partial charge on any atom is -0.344 e. The van der Waals surface area contributed by atoms with Gasteiger partial charge in [0.05, 0.1) is 0 Å². The largest absolute Gasteiger partial charge is 0.344 e. The van der Waals surface area contributed by atoms with E-state index in [-0.39, 0.29) is 18.2 Å². The SMILES string of the molecule is CN1CCCCCCCCC(CC(=O)NO)C(=O)NC(C(C)(C)C)C1=O. The van der Waals surface area contributed by atoms with E-state index in [0.29, 0.717) is 13.0 Å². The molecule has 0 aromatic heterocycles. The molecule has 1 aliphatic rings. The Balaban J connectivity index is 3.00. The Kier molecular flexibility index (Phi) is 9.05. The number of hydrogen-bond acceptors (Lipinski definition) is 4. The number of hydrogen-bond donors (Lipinski definition) is 3. The quantitative estimate of drug-likeness (QED) is 0.513. The van der Waals surface area contributed by atoms with Crippen molar-refractivity contribution >= 4 is 17.7 Å². The average molecular weight is 370 g/mol. The first-order chi connectivity index (χ1) is 12.2. The zero-order valence-electron chi connectivity index (χ0n) is 16.6. The Morgan fingerprint density at radius 1 is 1.15 bits per heavy atom. The van der Waals surface area contributed by atoms with E-state index in [1.807, 2.05) is 20.8 Å². The molecule has 1 heterocycles. The number of carbonyl (C=O) groups is 3. The molecule has 0 aromatic carbocycles. The minimum absolute atomic E-state index is 0.0801. The molecule has 26 heavy (non-hydrogen) atoms. The van der Waals surface area contributed by atoms with Crippen molar-refractivity contribution in [2.75, 3.05) is 13.6 Å². The third-order valence-electron chi connectivity index (χ3n) is 5.00. The van der Waals surface area contributed by atoms with E-state index in [1.54, 1.807) is 17.4 Å². The molecule has 0 radical (unpaired) electrons. The van der Waals surface area contributed by atoms with Crippen LogP contribution in [0.4, 0.5) is 0 Å². The molecule has 0 aliphatic carbocycles. The summed E-state index contributed by atoms with van der Waals surface area (Å²) < 4.78 is 0. The Hall–Kier alpha value is -1.63. The maximum atomic E-state index is 12.9. The number of nitrogens with one attached hydrogen (secondary N) is 2. The number of amides is 3. The molecule has 7 nitrogen and oxygen atoms in total. The molecule has 0 saturated carbocycles. The fourth-order valence-electron chi connectivity index (χ4n) is 3.28. The van der Waals surface area contributed by atoms with Crippen LogP contribution in [0.1, 0.15) is 72.1 Å². The summed E-state index contributed by atoms with van der Waals surface area (Å²) in [6.07, 6.45) is 6.60. The van der Waals surface area contributed by atoms with Gasteiger partial charge in [-0.2, -0.15) is 0 Å². The summed E-state index contributed by atoms with van der Waals surface area (Å²) in [5.74, 6) is -1.53. The van der Waals surface area contributed by atoms with Gasteiger partial charge in [0.2, 0.25) is 17.7 Å². The van der Waals surface area contributed by atoms with Gasteiger partial charge in [-0.1, -0.05) is 52.9 Å². The predicted octanol–water partition coefficient (Wildman–Crippen LogP) is 2.23. The summed E-state index contributed by atoms with van der Waals surface area (Å²) in [5.41, 5.74) is 1.16. The van der Waals surface area contributed by atoms with Crippen LogP contribution >= 0.6 is 0 Å². The van der Waals surface area contributed by atoms with E-state index in [2.05, 4.69) is 5.32 Å². The van der Waals surface area contributed by atoms with Crippen LogP contribution in [0.25, 0.3) is 0 Å². The molecule has 0 spiro atoms. The zero-order valence-corrected chi connectivity index (χ0v) is 16.6. The Bertz CT molecular complexity index is 488. The molecule has 2 unspecified atom stereocenters. The van der Waals surface area contributed by atoms with Gasteiger partial charge in [-0.05, 0) is 18.3 Å². The van der Waals surface area contributed by atoms with Gasteiger partial charge in [0.15, 0.2) is 0 Å². The van der Waals surface area contributed by atoms with Crippen molar-refractivity contribution in [3.8, 4) is 0 Å². The zero-order chi connectivity index (χ0) is 19.7. The van der Waals surface area contributed by atoms with Crippen molar-refractivity contribution < 1.29 is 19.6 Å². The first-order valence-electron chi connectivity index (χ1n) is 9.65. The van der Waals surface area contributed by atoms with E-state index in [1.165, 1.54) is 0 Å². The molecule has 7 heteroatoms. The normalized spacial score (nSPS) is 24.6. The van der Waals surface area contributed by atoms with Gasteiger partial charge >= 0.3 is 0 Å². The minimum atomic E-state index is -0.650. The Morgan fingerprint density at radius 2 is 1.73 bits per heavy atom. The summed E-state index contributed by atoms with van der Waals surface area (Å²) in [4.78, 5) is 39.0. The van der Waals surface area contributed by atoms with Crippen molar-refractivity contribution in [3.05, 3.63) is 0 Å². The van der Waals surface area contributed by atoms with Crippen LogP contribution in [0.15, 0.2) is 0 Å². The fourth-order valence-corrected chi connectivity index (χ4v) is 3.28. The van der Waals surface area contributed by atoms with E-state index in [0.717, 1.165) is 38.5 Å². The number of nitrogens with zero attached hydrogens (tertiary/aromatic N) is 1. The predicted molar refractivity (Wildman–Crippen MR) is 99.4 cm³/mol. The lowest BCUT2D eigenvalue weighted by atomic mass is 9.84. The van der Waals surface area contributed by atoms with Crippen molar-refractivity contribution in [2.45, 2.75) is 78.2 Å². The lowest BCUT2D eigenvalue weighted by molar-refractivity contribution is -0.140. The average Bonchev–Trinajstić information content (AvgIpc) is 2.57. The summed E-state index contributed by atoms with van der Waals surface area (Å²) in [7, 11) is 1.77. The van der Waals surface area contributed by atoms with E-state index < -0.39 is 23.3 Å². The summed E-state index contributed by atoms with van der Waals surface area (Å²) >= 11 is 0. The van der Waals surface area contributed by atoms with Crippen LogP contribution < -0.4 is 10.8 Å². The molecule has 0 bridgehead atoms. The van der Waals surface area contributed by atoms with Crippen LogP contribution in [0.2, 0.25) is 0 Å². The molecule has 3 amide bonds. The molecule has 1 fully saturated rings. The van der Waals surface area contributed by atoms with Gasteiger partial charge in [0.1, 0.15) is 6.04 Å². The van der Waals surface area contributed by atoms with Crippen LogP contribution in [0.5, 0.6) is 0 Å². The highest BCUT2D eigenvalue weighted by molar-refractivity contribution is 5.91. The van der Waals surface area contributed by atoms with Gasteiger partial charge < -0.3 is 10.2 Å². The lowest BCUT2D eigenvalue weighted by Gasteiger charge is -2.34. The maximum absolute atomic E-state index is 12.9. The number of hydroxylamine groups is 1. The molecule has 1 saturated heterocycles. The molecule has 0 aromatic rings. The molecule has 150 valence electrons. The second-order valence-corrected chi connectivity index (χ2v) is 8.41. The van der Waals surface area contributed by atoms with Crippen molar-refractivity contribution in [1.82, 2.24) is 15.7 Å². The van der Waals surface area contributed by atoms with E-state index in [9.17, 15) is 14.4 Å². The third kappa shape index (κ3) is 7.32. The van der Waals surface area contributed by atoms with Crippen LogP contribution in [0, 0.1) is 11.3 Å². The van der Waals surface area contributed by atoms with E-state index in [4.69, 9.17) is 5.21 Å². The summed E-state index contributed by atoms with van der Waals surface area (Å²) in [5, 5.41) is 11.7. The van der Waals surface area contributed by atoms with Crippen LogP contribution in [-0.4, -0.2) is 47.5 Å². The monoisotopic (exact) mass is 369 g/mol. The van der Waals surface area contributed by atoms with Crippen molar-refractivity contribution in [2.24, 2.45) is 11.3 Å². The Morgan fingerprint density at radius 3 is 2.31 bits per heavy atom. The standard InChI is InChI=1S/C19H35N3O4/c1-19(2,3)16-18(25)22(4)12-10-8-6-5-7-9-11-14(17(24)20-16)13-15(23)21-26/h14,16,26H,5-13H2,1-4H3,(H,20,24)(H,21,23). The number of rotatable bonds is 2. The summed E-state index contributed by atoms with van der Waals surface area (Å²) in [6.45, 7) is 6.43. The van der Waals surface area contributed by atoms with Gasteiger partial charge in [0.25, 0.3) is 0 Å². The van der Waals surface area contributed by atoms with Gasteiger partial charge in [-0.3, -0.25) is 19.6 Å². The van der Waals surface area contributed by atoms with Crippen molar-refractivity contribution in [1.29, 1.82) is 0 Å².